The standard InChI is InChI=1S/C21H19NO2/c1-4-10-17(11-5-1)16-22-20(18-12-6-2-7-13-18)23-24-21(22)19-14-8-3-9-15-19/h1-15,20-21H,16H2/t20-,21+. The number of hydrogen-bond acceptors (Lipinski definition) is 3. The van der Waals surface area contributed by atoms with Gasteiger partial charge in [0.2, 0.25) is 0 Å². The van der Waals surface area contributed by atoms with Gasteiger partial charge in [-0.1, -0.05) is 91.0 Å². The first-order valence-electron chi connectivity index (χ1n) is 8.13. The fourth-order valence-electron chi connectivity index (χ4n) is 3.03. The zero-order chi connectivity index (χ0) is 16.2. The van der Waals surface area contributed by atoms with Crippen LogP contribution in [0.4, 0.5) is 0 Å². The van der Waals surface area contributed by atoms with Crippen LogP contribution in [0, 0.1) is 0 Å². The SMILES string of the molecule is c1ccc(CN2[C@@H](c3ccccc3)OO[C@H]2c2ccccc2)cc1. The Bertz CT molecular complexity index is 714. The van der Waals surface area contributed by atoms with E-state index >= 15 is 0 Å². The lowest BCUT2D eigenvalue weighted by Crippen LogP contribution is -2.26. The van der Waals surface area contributed by atoms with Crippen LogP contribution < -0.4 is 0 Å². The quantitative estimate of drug-likeness (QED) is 0.642. The van der Waals surface area contributed by atoms with Crippen LogP contribution in [-0.2, 0) is 16.3 Å². The third-order valence-corrected chi connectivity index (χ3v) is 4.22. The molecule has 4 rings (SSSR count). The topological polar surface area (TPSA) is 21.7 Å². The van der Waals surface area contributed by atoms with Crippen molar-refractivity contribution in [1.29, 1.82) is 0 Å². The Hall–Kier alpha value is -2.46. The Kier molecular flexibility index (Phi) is 4.38. The van der Waals surface area contributed by atoms with Gasteiger partial charge in [0.25, 0.3) is 0 Å². The lowest BCUT2D eigenvalue weighted by molar-refractivity contribution is -0.300. The largest absolute Gasteiger partial charge is 0.235 e. The summed E-state index contributed by atoms with van der Waals surface area (Å²) in [7, 11) is 0. The fourth-order valence-corrected chi connectivity index (χ4v) is 3.03. The van der Waals surface area contributed by atoms with Crippen LogP contribution in [0.2, 0.25) is 0 Å². The first kappa shape index (κ1) is 15.1. The maximum Gasteiger partial charge on any atom is 0.174 e. The van der Waals surface area contributed by atoms with Gasteiger partial charge >= 0.3 is 0 Å². The van der Waals surface area contributed by atoms with Gasteiger partial charge in [0.1, 0.15) is 0 Å². The molecule has 1 aliphatic heterocycles. The van der Waals surface area contributed by atoms with E-state index in [1.165, 1.54) is 5.56 Å². The molecule has 0 aromatic heterocycles. The van der Waals surface area contributed by atoms with Crippen LogP contribution in [0.5, 0.6) is 0 Å². The summed E-state index contributed by atoms with van der Waals surface area (Å²) < 4.78 is 0. The van der Waals surface area contributed by atoms with Crippen molar-refractivity contribution in [3.8, 4) is 0 Å². The second-order valence-corrected chi connectivity index (χ2v) is 5.88. The molecule has 1 fully saturated rings. The van der Waals surface area contributed by atoms with Crippen molar-refractivity contribution in [1.82, 2.24) is 4.90 Å². The summed E-state index contributed by atoms with van der Waals surface area (Å²) in [4.78, 5) is 13.7. The summed E-state index contributed by atoms with van der Waals surface area (Å²) in [5.41, 5.74) is 3.41. The van der Waals surface area contributed by atoms with E-state index in [-0.39, 0.29) is 12.5 Å². The Morgan fingerprint density at radius 2 is 1.00 bits per heavy atom. The molecular formula is C21H19NO2. The van der Waals surface area contributed by atoms with E-state index in [2.05, 4.69) is 53.4 Å². The Morgan fingerprint density at radius 3 is 1.46 bits per heavy atom. The number of rotatable bonds is 4. The molecular weight excluding hydrogens is 298 g/mol. The third-order valence-electron chi connectivity index (χ3n) is 4.22. The van der Waals surface area contributed by atoms with E-state index < -0.39 is 0 Å². The predicted octanol–water partition coefficient (Wildman–Crippen LogP) is 4.85. The third kappa shape index (κ3) is 3.10. The average Bonchev–Trinajstić information content (AvgIpc) is 3.07. The molecule has 24 heavy (non-hydrogen) atoms. The van der Waals surface area contributed by atoms with Crippen molar-refractivity contribution in [2.75, 3.05) is 0 Å². The van der Waals surface area contributed by atoms with Gasteiger partial charge in [-0.05, 0) is 16.7 Å². The molecule has 3 aromatic carbocycles. The number of nitrogens with zero attached hydrogens (tertiary/aromatic N) is 1. The highest BCUT2D eigenvalue weighted by molar-refractivity contribution is 5.23. The molecule has 0 spiro atoms. The molecule has 0 saturated carbocycles. The minimum atomic E-state index is -0.225. The molecule has 1 heterocycles. The van der Waals surface area contributed by atoms with Gasteiger partial charge in [-0.25, -0.2) is 14.7 Å². The maximum absolute atomic E-state index is 5.72. The van der Waals surface area contributed by atoms with Crippen LogP contribution in [-0.4, -0.2) is 4.90 Å². The molecule has 1 saturated heterocycles. The molecule has 120 valence electrons. The maximum atomic E-state index is 5.72. The van der Waals surface area contributed by atoms with Gasteiger partial charge in [-0.3, -0.25) is 0 Å². The minimum Gasteiger partial charge on any atom is -0.235 e. The van der Waals surface area contributed by atoms with E-state index in [1.807, 2.05) is 42.5 Å². The van der Waals surface area contributed by atoms with E-state index in [9.17, 15) is 0 Å². The van der Waals surface area contributed by atoms with Crippen LogP contribution in [0.3, 0.4) is 0 Å². The average molecular weight is 317 g/mol. The number of benzene rings is 3. The normalized spacial score (nSPS) is 21.0. The summed E-state index contributed by atoms with van der Waals surface area (Å²) in [6.45, 7) is 0.750. The van der Waals surface area contributed by atoms with Crippen molar-refractivity contribution >= 4 is 0 Å². The van der Waals surface area contributed by atoms with E-state index in [0.717, 1.165) is 17.7 Å². The molecule has 0 amide bonds. The molecule has 0 aliphatic carbocycles. The molecule has 0 unspecified atom stereocenters. The predicted molar refractivity (Wildman–Crippen MR) is 92.5 cm³/mol. The molecule has 0 bridgehead atoms. The second kappa shape index (κ2) is 6.97. The Balaban J connectivity index is 1.67. The monoisotopic (exact) mass is 317 g/mol. The van der Waals surface area contributed by atoms with Crippen LogP contribution in [0.25, 0.3) is 0 Å². The van der Waals surface area contributed by atoms with Crippen LogP contribution >= 0.6 is 0 Å². The van der Waals surface area contributed by atoms with E-state index in [0.29, 0.717) is 0 Å². The lowest BCUT2D eigenvalue weighted by Gasteiger charge is -2.25. The van der Waals surface area contributed by atoms with Gasteiger partial charge in [-0.2, -0.15) is 0 Å². The van der Waals surface area contributed by atoms with Crippen molar-refractivity contribution in [2.45, 2.75) is 19.0 Å². The van der Waals surface area contributed by atoms with Gasteiger partial charge < -0.3 is 0 Å². The van der Waals surface area contributed by atoms with Gasteiger partial charge in [0.05, 0.1) is 0 Å². The minimum absolute atomic E-state index is 0.225. The zero-order valence-electron chi connectivity index (χ0n) is 13.3. The fraction of sp³-hybridized carbons (Fsp3) is 0.143. The molecule has 3 aromatic rings. The number of hydrogen-bond donors (Lipinski definition) is 0. The lowest BCUT2D eigenvalue weighted by atomic mass is 10.1. The highest BCUT2D eigenvalue weighted by Gasteiger charge is 2.38. The first-order chi connectivity index (χ1) is 11.9. The Labute approximate surface area is 142 Å². The van der Waals surface area contributed by atoms with Crippen LogP contribution in [0.1, 0.15) is 29.1 Å². The van der Waals surface area contributed by atoms with E-state index in [1.54, 1.807) is 0 Å². The van der Waals surface area contributed by atoms with Gasteiger partial charge in [0, 0.05) is 6.54 Å². The highest BCUT2D eigenvalue weighted by Crippen LogP contribution is 2.40. The first-order valence-corrected chi connectivity index (χ1v) is 8.13. The second-order valence-electron chi connectivity index (χ2n) is 5.88. The van der Waals surface area contributed by atoms with Crippen molar-refractivity contribution in [3.63, 3.8) is 0 Å². The van der Waals surface area contributed by atoms with Crippen molar-refractivity contribution in [3.05, 3.63) is 108 Å². The molecule has 3 nitrogen and oxygen atoms in total. The molecule has 0 radical (unpaired) electrons. The van der Waals surface area contributed by atoms with Crippen LogP contribution in [0.15, 0.2) is 91.0 Å². The molecule has 3 heteroatoms. The Morgan fingerprint density at radius 1 is 0.583 bits per heavy atom. The van der Waals surface area contributed by atoms with Gasteiger partial charge in [0.15, 0.2) is 12.5 Å². The highest BCUT2D eigenvalue weighted by atomic mass is 17.2. The van der Waals surface area contributed by atoms with Crippen molar-refractivity contribution < 1.29 is 9.78 Å². The summed E-state index contributed by atoms with van der Waals surface area (Å²) >= 11 is 0. The summed E-state index contributed by atoms with van der Waals surface area (Å²) in [5, 5.41) is 0. The zero-order valence-corrected chi connectivity index (χ0v) is 13.3. The summed E-state index contributed by atoms with van der Waals surface area (Å²) in [6.07, 6.45) is -0.451. The summed E-state index contributed by atoms with van der Waals surface area (Å²) in [5.74, 6) is 0. The van der Waals surface area contributed by atoms with E-state index in [4.69, 9.17) is 9.78 Å². The summed E-state index contributed by atoms with van der Waals surface area (Å²) in [6, 6.07) is 30.8. The molecule has 0 N–H and O–H groups in total. The smallest absolute Gasteiger partial charge is 0.174 e. The van der Waals surface area contributed by atoms with Crippen molar-refractivity contribution in [2.24, 2.45) is 0 Å². The van der Waals surface area contributed by atoms with Gasteiger partial charge in [-0.15, -0.1) is 0 Å². The molecule has 1 aliphatic rings. The molecule has 2 atom stereocenters.